The van der Waals surface area contributed by atoms with Crippen molar-refractivity contribution < 1.29 is 0 Å². The highest BCUT2D eigenvalue weighted by Crippen LogP contribution is 1.95. The fourth-order valence-corrected chi connectivity index (χ4v) is 0.401. The zero-order valence-electron chi connectivity index (χ0n) is 2.90. The van der Waals surface area contributed by atoms with Crippen LogP contribution in [0, 0.1) is 0 Å². The van der Waals surface area contributed by atoms with E-state index in [1.54, 1.807) is 0 Å². The zero-order valence-corrected chi connectivity index (χ0v) is 3.72. The van der Waals surface area contributed by atoms with Gasteiger partial charge in [0.15, 0.2) is 0 Å². The van der Waals surface area contributed by atoms with Gasteiger partial charge in [-0.1, -0.05) is 0 Å². The summed E-state index contributed by atoms with van der Waals surface area (Å²) in [6, 6.07) is 0. The Hall–Kier alpha value is -0.510. The standard InChI is InChI=1S/C2H2N3S/c1-3-2-5-6-4-1/h1-2H. The molecule has 0 atom stereocenters. The summed E-state index contributed by atoms with van der Waals surface area (Å²) in [4.78, 5) is 3.57. The molecule has 0 fully saturated rings. The molecule has 0 aromatic carbocycles. The van der Waals surface area contributed by atoms with Crippen molar-refractivity contribution in [2.75, 3.05) is 0 Å². The van der Waals surface area contributed by atoms with E-state index in [1.807, 2.05) is 0 Å². The summed E-state index contributed by atoms with van der Waals surface area (Å²) in [6.45, 7) is 0. The van der Waals surface area contributed by atoms with Gasteiger partial charge in [0.25, 0.3) is 0 Å². The molecular weight excluding hydrogens is 98.1 g/mol. The summed E-state index contributed by atoms with van der Waals surface area (Å²) < 4.78 is 7.21. The molecule has 0 bridgehead atoms. The third-order valence-corrected chi connectivity index (χ3v) is 0.699. The molecule has 1 heterocycles. The summed E-state index contributed by atoms with van der Waals surface area (Å²) in [5.41, 5.74) is 0. The SMILES string of the molecule is C1=NC=NS[N]1. The predicted molar refractivity (Wildman–Crippen MR) is 26.7 cm³/mol. The second kappa shape index (κ2) is 1.81. The van der Waals surface area contributed by atoms with Gasteiger partial charge in [0, 0.05) is 0 Å². The Morgan fingerprint density at radius 2 is 2.33 bits per heavy atom. The van der Waals surface area contributed by atoms with E-state index in [9.17, 15) is 0 Å². The van der Waals surface area contributed by atoms with Crippen LogP contribution in [-0.4, -0.2) is 12.7 Å². The van der Waals surface area contributed by atoms with Crippen LogP contribution in [0.1, 0.15) is 0 Å². The van der Waals surface area contributed by atoms with E-state index >= 15 is 0 Å². The molecular formula is C2H2N3S. The average molecular weight is 100 g/mol. The van der Waals surface area contributed by atoms with Crippen molar-refractivity contribution >= 4 is 24.8 Å². The van der Waals surface area contributed by atoms with Gasteiger partial charge in [0.1, 0.15) is 24.8 Å². The molecule has 0 N–H and O–H groups in total. The van der Waals surface area contributed by atoms with Crippen molar-refractivity contribution in [1.29, 1.82) is 0 Å². The first-order valence-corrected chi connectivity index (χ1v) is 2.13. The second-order valence-corrected chi connectivity index (χ2v) is 1.26. The number of hydrogen-bond acceptors (Lipinski definition) is 3. The van der Waals surface area contributed by atoms with Gasteiger partial charge in [-0.05, 0) is 0 Å². The second-order valence-electron chi connectivity index (χ2n) is 0.672. The van der Waals surface area contributed by atoms with Gasteiger partial charge in [0.2, 0.25) is 0 Å². The molecule has 0 saturated heterocycles. The van der Waals surface area contributed by atoms with Crippen molar-refractivity contribution in [3.05, 3.63) is 0 Å². The molecule has 0 aliphatic carbocycles. The quantitative estimate of drug-likeness (QED) is 0.401. The van der Waals surface area contributed by atoms with Crippen LogP contribution in [0.2, 0.25) is 0 Å². The fourth-order valence-electron chi connectivity index (χ4n) is 0.154. The van der Waals surface area contributed by atoms with Crippen molar-refractivity contribution in [2.45, 2.75) is 0 Å². The van der Waals surface area contributed by atoms with E-state index in [0.717, 1.165) is 12.1 Å². The zero-order chi connectivity index (χ0) is 4.24. The minimum Gasteiger partial charge on any atom is -0.223 e. The van der Waals surface area contributed by atoms with Gasteiger partial charge >= 0.3 is 0 Å². The van der Waals surface area contributed by atoms with E-state index in [-0.39, 0.29) is 0 Å². The van der Waals surface area contributed by atoms with Crippen LogP contribution >= 0.6 is 12.1 Å². The van der Waals surface area contributed by atoms with Gasteiger partial charge in [-0.25, -0.2) is 4.99 Å². The first kappa shape index (κ1) is 3.67. The normalized spacial score (nSPS) is 17.3. The Morgan fingerprint density at radius 3 is 2.50 bits per heavy atom. The molecule has 0 amide bonds. The highest BCUT2D eigenvalue weighted by molar-refractivity contribution is 7.96. The summed E-state index contributed by atoms with van der Waals surface area (Å²) in [7, 11) is 0. The molecule has 3 nitrogen and oxygen atoms in total. The molecule has 1 radical (unpaired) electrons. The fraction of sp³-hybridized carbons (Fsp3) is 0. The molecule has 0 spiro atoms. The van der Waals surface area contributed by atoms with Crippen LogP contribution in [0.15, 0.2) is 9.39 Å². The first-order valence-electron chi connectivity index (χ1n) is 1.40. The molecule has 0 aromatic rings. The van der Waals surface area contributed by atoms with E-state index in [0.29, 0.717) is 0 Å². The van der Waals surface area contributed by atoms with Gasteiger partial charge < -0.3 is 0 Å². The third-order valence-electron chi connectivity index (χ3n) is 0.322. The monoisotopic (exact) mass is 100.0 g/mol. The van der Waals surface area contributed by atoms with Crippen LogP contribution in [0.4, 0.5) is 0 Å². The Bertz CT molecular complexity index is 74.8. The molecule has 0 unspecified atom stereocenters. The van der Waals surface area contributed by atoms with Gasteiger partial charge in [-0.2, -0.15) is 9.12 Å². The van der Waals surface area contributed by atoms with Crippen molar-refractivity contribution in [1.82, 2.24) is 4.72 Å². The molecule has 31 valence electrons. The average Bonchev–Trinajstić information content (AvgIpc) is 1.72. The molecule has 0 saturated carbocycles. The largest absolute Gasteiger partial charge is 0.223 e. The molecule has 6 heavy (non-hydrogen) atoms. The highest BCUT2D eigenvalue weighted by atomic mass is 32.2. The van der Waals surface area contributed by atoms with E-state index < -0.39 is 0 Å². The lowest BCUT2D eigenvalue weighted by Gasteiger charge is -1.86. The predicted octanol–water partition coefficient (Wildman–Crippen LogP) is 0.224. The molecule has 1 rings (SSSR count). The maximum Gasteiger partial charge on any atom is 0.127 e. The Kier molecular flexibility index (Phi) is 1.11. The highest BCUT2D eigenvalue weighted by Gasteiger charge is 1.80. The van der Waals surface area contributed by atoms with Gasteiger partial charge in [0.05, 0.1) is 0 Å². The molecule has 1 aliphatic rings. The van der Waals surface area contributed by atoms with Gasteiger partial charge in [-0.15, -0.1) is 0 Å². The number of aliphatic imine (C=N–C) groups is 1. The summed E-state index contributed by atoms with van der Waals surface area (Å²) in [5.74, 6) is 0. The molecule has 4 heteroatoms. The Balaban J connectivity index is 2.46. The lowest BCUT2D eigenvalue weighted by molar-refractivity contribution is 1.50. The van der Waals surface area contributed by atoms with Crippen LogP contribution in [-0.2, 0) is 0 Å². The number of nitrogens with zero attached hydrogens (tertiary/aromatic N) is 3. The van der Waals surface area contributed by atoms with Crippen LogP contribution < -0.4 is 4.72 Å². The number of rotatable bonds is 0. The smallest absolute Gasteiger partial charge is 0.127 e. The Labute approximate surface area is 39.8 Å². The minimum absolute atomic E-state index is 1.14. The summed E-state index contributed by atoms with van der Waals surface area (Å²) in [5, 5.41) is 0. The maximum atomic E-state index is 3.60. The third kappa shape index (κ3) is 0.718. The van der Waals surface area contributed by atoms with E-state index in [1.165, 1.54) is 12.7 Å². The lowest BCUT2D eigenvalue weighted by atomic mass is 11.2. The maximum absolute atomic E-state index is 3.60. The first-order chi connectivity index (χ1) is 3.00. The van der Waals surface area contributed by atoms with Crippen LogP contribution in [0.25, 0.3) is 0 Å². The van der Waals surface area contributed by atoms with Crippen LogP contribution in [0.3, 0.4) is 0 Å². The molecule has 1 aliphatic heterocycles. The van der Waals surface area contributed by atoms with E-state index in [4.69, 9.17) is 0 Å². The number of hydrogen-bond donors (Lipinski definition) is 0. The minimum atomic E-state index is 1.14. The topological polar surface area (TPSA) is 38.8 Å². The van der Waals surface area contributed by atoms with Crippen molar-refractivity contribution in [3.63, 3.8) is 0 Å². The van der Waals surface area contributed by atoms with Gasteiger partial charge in [-0.3, -0.25) is 0 Å². The summed E-state index contributed by atoms with van der Waals surface area (Å²) in [6.07, 6.45) is 2.91. The van der Waals surface area contributed by atoms with Crippen molar-refractivity contribution in [3.8, 4) is 0 Å². The Morgan fingerprint density at radius 1 is 1.33 bits per heavy atom. The van der Waals surface area contributed by atoms with Crippen molar-refractivity contribution in [2.24, 2.45) is 9.39 Å². The molecule has 0 aromatic heterocycles. The van der Waals surface area contributed by atoms with Crippen LogP contribution in [0.5, 0.6) is 0 Å². The summed E-state index contributed by atoms with van der Waals surface area (Å²) >= 11 is 1.14. The lowest BCUT2D eigenvalue weighted by Crippen LogP contribution is -1.90. The van der Waals surface area contributed by atoms with E-state index in [2.05, 4.69) is 14.1 Å².